The summed E-state index contributed by atoms with van der Waals surface area (Å²) in [4.78, 5) is 0. The molecule has 2 aromatic carbocycles. The fourth-order valence-electron chi connectivity index (χ4n) is 2.07. The Labute approximate surface area is 150 Å². The highest BCUT2D eigenvalue weighted by Crippen LogP contribution is 2.29. The van der Waals surface area contributed by atoms with Crippen LogP contribution in [0, 0.1) is 4.77 Å². The standard InChI is InChI=1S/C16H10ClF3N4S/c17-13-7-3-11(4-8-13)14-22-23-15(25)24(14)21-9-10-1-5-12(6-2-10)16(18,19)20/h1-9H,(H,23,25). The molecule has 0 amide bonds. The maximum absolute atomic E-state index is 12.6. The average Bonchev–Trinajstić information content (AvgIpc) is 2.94. The summed E-state index contributed by atoms with van der Waals surface area (Å²) in [5.74, 6) is 0.463. The Kier molecular flexibility index (Phi) is 4.73. The molecule has 0 aliphatic rings. The van der Waals surface area contributed by atoms with E-state index in [2.05, 4.69) is 15.3 Å². The Morgan fingerprint density at radius 3 is 2.32 bits per heavy atom. The van der Waals surface area contributed by atoms with Crippen LogP contribution in [-0.2, 0) is 6.18 Å². The van der Waals surface area contributed by atoms with Gasteiger partial charge in [0.05, 0.1) is 11.8 Å². The molecule has 1 heterocycles. The van der Waals surface area contributed by atoms with Crippen molar-refractivity contribution in [2.45, 2.75) is 6.18 Å². The zero-order chi connectivity index (χ0) is 18.0. The lowest BCUT2D eigenvalue weighted by atomic mass is 10.1. The fraction of sp³-hybridized carbons (Fsp3) is 0.0625. The van der Waals surface area contributed by atoms with Crippen molar-refractivity contribution in [2.24, 2.45) is 5.10 Å². The third-order valence-corrected chi connectivity index (χ3v) is 3.83. The van der Waals surface area contributed by atoms with Crippen molar-refractivity contribution < 1.29 is 13.2 Å². The molecule has 0 bridgehead atoms. The molecular weight excluding hydrogens is 373 g/mol. The lowest BCUT2D eigenvalue weighted by Crippen LogP contribution is -2.04. The normalized spacial score (nSPS) is 12.0. The number of halogens is 4. The van der Waals surface area contributed by atoms with Crippen LogP contribution in [0.3, 0.4) is 0 Å². The minimum atomic E-state index is -4.37. The number of nitrogens with zero attached hydrogens (tertiary/aromatic N) is 3. The van der Waals surface area contributed by atoms with Crippen LogP contribution < -0.4 is 0 Å². The number of H-pyrrole nitrogens is 1. The van der Waals surface area contributed by atoms with Gasteiger partial charge in [0.25, 0.3) is 0 Å². The molecule has 128 valence electrons. The Bertz CT molecular complexity index is 957. The molecule has 0 aliphatic heterocycles. The topological polar surface area (TPSA) is 46.0 Å². The molecule has 0 saturated carbocycles. The predicted octanol–water partition coefficient (Wildman–Crippen LogP) is 5.16. The minimum Gasteiger partial charge on any atom is -0.250 e. The molecule has 0 saturated heterocycles. The van der Waals surface area contributed by atoms with Crippen LogP contribution >= 0.6 is 23.8 Å². The largest absolute Gasteiger partial charge is 0.416 e. The lowest BCUT2D eigenvalue weighted by Gasteiger charge is -2.06. The summed E-state index contributed by atoms with van der Waals surface area (Å²) in [6, 6.07) is 11.6. The van der Waals surface area contributed by atoms with Crippen molar-refractivity contribution in [2.75, 3.05) is 0 Å². The second-order valence-corrected chi connectivity index (χ2v) is 5.86. The summed E-state index contributed by atoms with van der Waals surface area (Å²) in [6.07, 6.45) is -2.96. The van der Waals surface area contributed by atoms with Gasteiger partial charge in [0, 0.05) is 10.6 Å². The van der Waals surface area contributed by atoms with Gasteiger partial charge in [-0.05, 0) is 54.2 Å². The van der Waals surface area contributed by atoms with Crippen molar-refractivity contribution >= 4 is 30.0 Å². The van der Waals surface area contributed by atoms with Crippen molar-refractivity contribution in [1.29, 1.82) is 0 Å². The van der Waals surface area contributed by atoms with E-state index < -0.39 is 11.7 Å². The zero-order valence-electron chi connectivity index (χ0n) is 12.5. The molecule has 9 heteroatoms. The van der Waals surface area contributed by atoms with E-state index in [0.717, 1.165) is 17.7 Å². The molecule has 0 radical (unpaired) electrons. The van der Waals surface area contributed by atoms with E-state index in [1.807, 2.05) is 0 Å². The van der Waals surface area contributed by atoms with Gasteiger partial charge >= 0.3 is 6.18 Å². The smallest absolute Gasteiger partial charge is 0.250 e. The highest BCUT2D eigenvalue weighted by atomic mass is 35.5. The average molecular weight is 383 g/mol. The molecule has 1 N–H and O–H groups in total. The zero-order valence-corrected chi connectivity index (χ0v) is 14.0. The van der Waals surface area contributed by atoms with E-state index in [4.69, 9.17) is 23.8 Å². The van der Waals surface area contributed by atoms with Crippen LogP contribution in [-0.4, -0.2) is 21.1 Å². The van der Waals surface area contributed by atoms with Gasteiger partial charge in [-0.2, -0.15) is 28.0 Å². The number of nitrogens with one attached hydrogen (secondary N) is 1. The number of hydrogen-bond donors (Lipinski definition) is 1. The van der Waals surface area contributed by atoms with Gasteiger partial charge in [-0.1, -0.05) is 23.7 Å². The van der Waals surface area contributed by atoms with Gasteiger partial charge < -0.3 is 0 Å². The first-order valence-corrected chi connectivity index (χ1v) is 7.78. The number of aromatic nitrogens is 3. The van der Waals surface area contributed by atoms with E-state index in [1.54, 1.807) is 24.3 Å². The Morgan fingerprint density at radius 2 is 1.72 bits per heavy atom. The molecule has 25 heavy (non-hydrogen) atoms. The van der Waals surface area contributed by atoms with Gasteiger partial charge in [-0.25, -0.2) is 5.10 Å². The van der Waals surface area contributed by atoms with Crippen molar-refractivity contribution in [1.82, 2.24) is 14.9 Å². The van der Waals surface area contributed by atoms with Gasteiger partial charge in [-0.3, -0.25) is 0 Å². The molecular formula is C16H10ClF3N4S. The summed E-state index contributed by atoms with van der Waals surface area (Å²) < 4.78 is 39.4. The molecule has 0 atom stereocenters. The van der Waals surface area contributed by atoms with Gasteiger partial charge in [0.2, 0.25) is 4.77 Å². The van der Waals surface area contributed by atoms with Crippen LogP contribution in [0.5, 0.6) is 0 Å². The monoisotopic (exact) mass is 382 g/mol. The first-order valence-electron chi connectivity index (χ1n) is 6.99. The van der Waals surface area contributed by atoms with Crippen LogP contribution in [0.25, 0.3) is 11.4 Å². The molecule has 0 aliphatic carbocycles. The Morgan fingerprint density at radius 1 is 1.08 bits per heavy atom. The van der Waals surface area contributed by atoms with E-state index in [0.29, 0.717) is 16.4 Å². The Hall–Kier alpha value is -2.45. The third kappa shape index (κ3) is 3.97. The third-order valence-electron chi connectivity index (χ3n) is 3.31. The van der Waals surface area contributed by atoms with Gasteiger partial charge in [-0.15, -0.1) is 0 Å². The second kappa shape index (κ2) is 6.81. The van der Waals surface area contributed by atoms with Crippen LogP contribution in [0.15, 0.2) is 53.6 Å². The summed E-state index contributed by atoms with van der Waals surface area (Å²) in [7, 11) is 0. The number of rotatable bonds is 3. The molecule has 0 fully saturated rings. The highest BCUT2D eigenvalue weighted by molar-refractivity contribution is 7.71. The van der Waals surface area contributed by atoms with Crippen molar-refractivity contribution in [3.8, 4) is 11.4 Å². The quantitative estimate of drug-likeness (QED) is 0.502. The Balaban J connectivity index is 1.90. The molecule has 3 aromatic rings. The number of hydrogen-bond acceptors (Lipinski definition) is 3. The van der Waals surface area contributed by atoms with Crippen LogP contribution in [0.2, 0.25) is 5.02 Å². The minimum absolute atomic E-state index is 0.258. The summed E-state index contributed by atoms with van der Waals surface area (Å²) in [5.41, 5.74) is 0.519. The number of aromatic amines is 1. The van der Waals surface area contributed by atoms with Gasteiger partial charge in [0.1, 0.15) is 0 Å². The summed E-state index contributed by atoms with van der Waals surface area (Å²) in [6.45, 7) is 0. The fourth-order valence-corrected chi connectivity index (χ4v) is 2.37. The van der Waals surface area contributed by atoms with Gasteiger partial charge in [0.15, 0.2) is 5.82 Å². The van der Waals surface area contributed by atoms with E-state index >= 15 is 0 Å². The maximum atomic E-state index is 12.6. The first-order chi connectivity index (χ1) is 11.8. The van der Waals surface area contributed by atoms with Crippen molar-refractivity contribution in [3.63, 3.8) is 0 Å². The van der Waals surface area contributed by atoms with E-state index in [9.17, 15) is 13.2 Å². The molecule has 4 nitrogen and oxygen atoms in total. The van der Waals surface area contributed by atoms with E-state index in [1.165, 1.54) is 23.0 Å². The molecule has 0 unspecified atom stereocenters. The first kappa shape index (κ1) is 17.4. The molecule has 3 rings (SSSR count). The summed E-state index contributed by atoms with van der Waals surface area (Å²) in [5, 5.41) is 11.5. The predicted molar refractivity (Wildman–Crippen MR) is 92.3 cm³/mol. The highest BCUT2D eigenvalue weighted by Gasteiger charge is 2.29. The second-order valence-electron chi connectivity index (χ2n) is 5.04. The van der Waals surface area contributed by atoms with E-state index in [-0.39, 0.29) is 4.77 Å². The number of alkyl halides is 3. The SMILES string of the molecule is FC(F)(F)c1ccc(C=Nn2c(-c3ccc(Cl)cc3)n[nH]c2=S)cc1. The maximum Gasteiger partial charge on any atom is 0.416 e. The molecule has 0 spiro atoms. The number of benzene rings is 2. The summed E-state index contributed by atoms with van der Waals surface area (Å²) >= 11 is 11.0. The molecule has 1 aromatic heterocycles. The van der Waals surface area contributed by atoms with Crippen molar-refractivity contribution in [3.05, 3.63) is 69.5 Å². The van der Waals surface area contributed by atoms with Crippen LogP contribution in [0.4, 0.5) is 13.2 Å². The lowest BCUT2D eigenvalue weighted by molar-refractivity contribution is -0.137. The van der Waals surface area contributed by atoms with Crippen LogP contribution in [0.1, 0.15) is 11.1 Å².